The lowest BCUT2D eigenvalue weighted by molar-refractivity contribution is -0.112. The number of ether oxygens (including phenoxy) is 2. The zero-order chi connectivity index (χ0) is 27.4. The zero-order valence-electron chi connectivity index (χ0n) is 24.1. The van der Waals surface area contributed by atoms with Gasteiger partial charge in [0.1, 0.15) is 0 Å². The maximum absolute atomic E-state index is 12.1. The molecule has 2 rings (SSSR count). The molecule has 2 unspecified atom stereocenters. The number of carbonyl (C=O) groups excluding carboxylic acids is 1. The van der Waals surface area contributed by atoms with Crippen molar-refractivity contribution in [3.63, 3.8) is 0 Å². The SMILES string of the molecule is C\C=C(/C=C\C(=N/C(=C\C(C)=O)c1ccc(OC)c(OC)c1)C(C)CC)C1=CCC(N(C)CCC)CC1. The van der Waals surface area contributed by atoms with E-state index in [4.69, 9.17) is 14.5 Å². The summed E-state index contributed by atoms with van der Waals surface area (Å²) >= 11 is 0. The molecule has 0 N–H and O–H groups in total. The maximum atomic E-state index is 12.1. The zero-order valence-corrected chi connectivity index (χ0v) is 24.1. The number of ketones is 1. The van der Waals surface area contributed by atoms with Crippen molar-refractivity contribution in [1.82, 2.24) is 4.90 Å². The van der Waals surface area contributed by atoms with Gasteiger partial charge in [0, 0.05) is 23.4 Å². The van der Waals surface area contributed by atoms with Gasteiger partial charge in [-0.05, 0) is 101 Å². The highest BCUT2D eigenvalue weighted by Crippen LogP contribution is 2.32. The van der Waals surface area contributed by atoms with E-state index < -0.39 is 0 Å². The highest BCUT2D eigenvalue weighted by atomic mass is 16.5. The monoisotopic (exact) mass is 506 g/mol. The van der Waals surface area contributed by atoms with Gasteiger partial charge in [-0.2, -0.15) is 0 Å². The Kier molecular flexibility index (Phi) is 12.6. The van der Waals surface area contributed by atoms with Gasteiger partial charge in [0.15, 0.2) is 17.3 Å². The molecular formula is C32H46N2O3. The second-order valence-corrected chi connectivity index (χ2v) is 9.77. The van der Waals surface area contributed by atoms with Gasteiger partial charge in [0.2, 0.25) is 0 Å². The Balaban J connectivity index is 2.40. The van der Waals surface area contributed by atoms with Crippen LogP contribution in [0.3, 0.4) is 0 Å². The third kappa shape index (κ3) is 8.85. The van der Waals surface area contributed by atoms with Gasteiger partial charge in [-0.25, -0.2) is 0 Å². The fourth-order valence-corrected chi connectivity index (χ4v) is 4.61. The number of methoxy groups -OCH3 is 2. The predicted octanol–water partition coefficient (Wildman–Crippen LogP) is 7.44. The van der Waals surface area contributed by atoms with E-state index in [9.17, 15) is 4.79 Å². The summed E-state index contributed by atoms with van der Waals surface area (Å²) in [6.45, 7) is 11.4. The van der Waals surface area contributed by atoms with Crippen molar-refractivity contribution in [1.29, 1.82) is 0 Å². The molecule has 37 heavy (non-hydrogen) atoms. The average molecular weight is 507 g/mol. The molecular weight excluding hydrogens is 460 g/mol. The molecule has 0 amide bonds. The Bertz CT molecular complexity index is 1060. The van der Waals surface area contributed by atoms with E-state index in [1.165, 1.54) is 24.0 Å². The first-order chi connectivity index (χ1) is 17.8. The van der Waals surface area contributed by atoms with Crippen molar-refractivity contribution in [3.05, 3.63) is 65.3 Å². The smallest absolute Gasteiger partial charge is 0.161 e. The fourth-order valence-electron chi connectivity index (χ4n) is 4.61. The van der Waals surface area contributed by atoms with Crippen molar-refractivity contribution in [2.75, 3.05) is 27.8 Å². The molecule has 0 bridgehead atoms. The molecule has 0 saturated carbocycles. The minimum atomic E-state index is -0.0508. The van der Waals surface area contributed by atoms with Crippen molar-refractivity contribution in [2.45, 2.75) is 72.8 Å². The molecule has 1 aromatic rings. The quantitative estimate of drug-likeness (QED) is 0.158. The van der Waals surface area contributed by atoms with E-state index in [1.54, 1.807) is 27.2 Å². The highest BCUT2D eigenvalue weighted by Gasteiger charge is 2.19. The molecule has 1 aromatic carbocycles. The topological polar surface area (TPSA) is 51.1 Å². The van der Waals surface area contributed by atoms with Gasteiger partial charge in [-0.15, -0.1) is 0 Å². The molecule has 0 radical (unpaired) electrons. The van der Waals surface area contributed by atoms with Gasteiger partial charge >= 0.3 is 0 Å². The Labute approximate surface area is 224 Å². The number of hydrogen-bond acceptors (Lipinski definition) is 5. The van der Waals surface area contributed by atoms with Crippen molar-refractivity contribution in [2.24, 2.45) is 10.9 Å². The number of nitrogens with zero attached hydrogens (tertiary/aromatic N) is 2. The molecule has 0 aromatic heterocycles. The van der Waals surface area contributed by atoms with Crippen LogP contribution in [0, 0.1) is 5.92 Å². The van der Waals surface area contributed by atoms with E-state index in [1.807, 2.05) is 18.2 Å². The Morgan fingerprint density at radius 1 is 1.19 bits per heavy atom. The van der Waals surface area contributed by atoms with Crippen LogP contribution in [0.1, 0.15) is 72.3 Å². The molecule has 0 spiro atoms. The largest absolute Gasteiger partial charge is 0.493 e. The number of aliphatic imine (C=N–C) groups is 1. The van der Waals surface area contributed by atoms with Gasteiger partial charge < -0.3 is 14.4 Å². The normalized spacial score (nSPS) is 18.2. The molecule has 0 aliphatic heterocycles. The summed E-state index contributed by atoms with van der Waals surface area (Å²) in [5, 5.41) is 0. The molecule has 0 heterocycles. The molecule has 0 saturated heterocycles. The third-order valence-electron chi connectivity index (χ3n) is 7.08. The predicted molar refractivity (Wildman–Crippen MR) is 157 cm³/mol. The van der Waals surface area contributed by atoms with Crippen LogP contribution in [0.4, 0.5) is 0 Å². The number of carbonyl (C=O) groups is 1. The number of allylic oxidation sites excluding steroid dienone is 6. The summed E-state index contributed by atoms with van der Waals surface area (Å²) in [6, 6.07) is 6.25. The Morgan fingerprint density at radius 3 is 2.46 bits per heavy atom. The lowest BCUT2D eigenvalue weighted by Gasteiger charge is -2.30. The minimum absolute atomic E-state index is 0.0508. The van der Waals surface area contributed by atoms with Crippen LogP contribution >= 0.6 is 0 Å². The van der Waals surface area contributed by atoms with Gasteiger partial charge in [0.25, 0.3) is 0 Å². The molecule has 1 aliphatic carbocycles. The summed E-state index contributed by atoms with van der Waals surface area (Å²) in [5.74, 6) is 1.43. The molecule has 2 atom stereocenters. The number of rotatable bonds is 13. The van der Waals surface area contributed by atoms with E-state index >= 15 is 0 Å². The van der Waals surface area contributed by atoms with E-state index in [-0.39, 0.29) is 11.7 Å². The summed E-state index contributed by atoms with van der Waals surface area (Å²) in [4.78, 5) is 19.6. The van der Waals surface area contributed by atoms with Crippen molar-refractivity contribution < 1.29 is 14.3 Å². The van der Waals surface area contributed by atoms with E-state index in [0.717, 1.165) is 37.1 Å². The van der Waals surface area contributed by atoms with E-state index in [0.29, 0.717) is 23.2 Å². The first kappa shape index (κ1) is 30.3. The van der Waals surface area contributed by atoms with Crippen LogP contribution in [-0.4, -0.2) is 50.2 Å². The van der Waals surface area contributed by atoms with Crippen molar-refractivity contribution >= 4 is 17.2 Å². The van der Waals surface area contributed by atoms with Gasteiger partial charge in [-0.1, -0.05) is 39.0 Å². The Morgan fingerprint density at radius 2 is 1.92 bits per heavy atom. The Hall–Kier alpha value is -2.92. The average Bonchev–Trinajstić information content (AvgIpc) is 2.91. The van der Waals surface area contributed by atoms with Crippen LogP contribution in [0.2, 0.25) is 0 Å². The fraction of sp³-hybridized carbons (Fsp3) is 0.500. The van der Waals surface area contributed by atoms with Crippen LogP contribution < -0.4 is 9.47 Å². The minimum Gasteiger partial charge on any atom is -0.493 e. The first-order valence-corrected chi connectivity index (χ1v) is 13.5. The number of benzene rings is 1. The molecule has 0 fully saturated rings. The van der Waals surface area contributed by atoms with Crippen molar-refractivity contribution in [3.8, 4) is 11.5 Å². The molecule has 5 nitrogen and oxygen atoms in total. The molecule has 5 heteroatoms. The van der Waals surface area contributed by atoms with E-state index in [2.05, 4.69) is 63.9 Å². The van der Waals surface area contributed by atoms with Crippen LogP contribution in [-0.2, 0) is 4.79 Å². The van der Waals surface area contributed by atoms with Gasteiger partial charge in [0.05, 0.1) is 19.9 Å². The maximum Gasteiger partial charge on any atom is 0.161 e. The van der Waals surface area contributed by atoms with Crippen LogP contribution in [0.5, 0.6) is 11.5 Å². The molecule has 1 aliphatic rings. The molecule has 202 valence electrons. The highest BCUT2D eigenvalue weighted by molar-refractivity contribution is 6.03. The lowest BCUT2D eigenvalue weighted by atomic mass is 9.89. The lowest BCUT2D eigenvalue weighted by Crippen LogP contribution is -2.33. The summed E-state index contributed by atoms with van der Waals surface area (Å²) in [5.41, 5.74) is 5.03. The summed E-state index contributed by atoms with van der Waals surface area (Å²) < 4.78 is 10.9. The second-order valence-electron chi connectivity index (χ2n) is 9.77. The third-order valence-corrected chi connectivity index (χ3v) is 7.08. The summed E-state index contributed by atoms with van der Waals surface area (Å²) in [6.07, 6.45) is 16.0. The van der Waals surface area contributed by atoms with Crippen LogP contribution in [0.15, 0.2) is 64.7 Å². The first-order valence-electron chi connectivity index (χ1n) is 13.5. The van der Waals surface area contributed by atoms with Gasteiger partial charge in [-0.3, -0.25) is 9.79 Å². The standard InChI is InChI=1S/C32H46N2O3/c1-9-20-34(6)28-16-12-26(13-17-28)25(11-3)14-18-29(23(4)10-2)33-30(21-24(5)35)27-15-19-31(36-7)32(22-27)37-8/h11-12,14-15,18-19,21-23,28H,9-10,13,16-17,20H2,1-8H3/b18-14-,25-11+,30-21-,33-29+. The summed E-state index contributed by atoms with van der Waals surface area (Å²) in [7, 11) is 5.45. The second kappa shape index (κ2) is 15.4. The number of hydrogen-bond donors (Lipinski definition) is 0. The van der Waals surface area contributed by atoms with Crippen LogP contribution in [0.25, 0.3) is 5.70 Å².